The molecule has 0 aromatic heterocycles. The zero-order valence-corrected chi connectivity index (χ0v) is 6.85. The molecule has 0 spiro atoms. The fraction of sp³-hybridized carbons (Fsp3) is 1.00. The summed E-state index contributed by atoms with van der Waals surface area (Å²) < 4.78 is 0. The molecule has 0 aromatic carbocycles. The van der Waals surface area contributed by atoms with Crippen LogP contribution in [0.4, 0.5) is 0 Å². The van der Waals surface area contributed by atoms with Gasteiger partial charge < -0.3 is 0 Å². The predicted molar refractivity (Wildman–Crippen MR) is 44.3 cm³/mol. The van der Waals surface area contributed by atoms with Crippen LogP contribution in [0.25, 0.3) is 0 Å². The van der Waals surface area contributed by atoms with Gasteiger partial charge in [-0.15, -0.1) is 0 Å². The van der Waals surface area contributed by atoms with E-state index in [1.54, 1.807) is 0 Å². The normalized spacial score (nSPS) is 7.88. The molecule has 0 unspecified atom stereocenters. The van der Waals surface area contributed by atoms with Gasteiger partial charge >= 0.3 is 51.4 Å². The summed E-state index contributed by atoms with van der Waals surface area (Å²) in [5.41, 5.74) is 0. The van der Waals surface area contributed by atoms with Crippen molar-refractivity contribution in [2.75, 3.05) is 0 Å². The van der Waals surface area contributed by atoms with E-state index in [9.17, 15) is 0 Å². The van der Waals surface area contributed by atoms with Gasteiger partial charge in [-0.1, -0.05) is 36.6 Å². The average Bonchev–Trinajstić information content (AvgIpc) is 1.72. The van der Waals surface area contributed by atoms with E-state index in [4.69, 9.17) is 0 Å². The maximum absolute atomic E-state index is 2.32. The van der Waals surface area contributed by atoms with E-state index in [2.05, 4.69) is 20.8 Å². The van der Waals surface area contributed by atoms with Gasteiger partial charge in [0.2, 0.25) is 0 Å². The average molecular weight is 154 g/mol. The van der Waals surface area contributed by atoms with Gasteiger partial charge in [-0.3, -0.25) is 0 Å². The van der Waals surface area contributed by atoms with Crippen molar-refractivity contribution in [3.8, 4) is 0 Å². The molecule has 8 heavy (non-hydrogen) atoms. The van der Waals surface area contributed by atoms with Gasteiger partial charge in [-0.2, -0.15) is 0 Å². The Morgan fingerprint density at radius 2 is 1.12 bits per heavy atom. The third-order valence-electron chi connectivity index (χ3n) is 1.73. The number of hydrogen-bond donors (Lipinski definition) is 0. The summed E-state index contributed by atoms with van der Waals surface area (Å²) in [6.07, 6.45) is 0. The minimum atomic E-state index is -0.171. The molecule has 0 saturated heterocycles. The second-order valence-electron chi connectivity index (χ2n) is 2.09. The Morgan fingerprint density at radius 1 is 0.875 bits per heavy atom. The van der Waals surface area contributed by atoms with Crippen LogP contribution >= 0.6 is 0 Å². The van der Waals surface area contributed by atoms with E-state index in [-0.39, 0.29) is 65.5 Å². The van der Waals surface area contributed by atoms with Crippen molar-refractivity contribution in [1.29, 1.82) is 0 Å². The summed E-state index contributed by atoms with van der Waals surface area (Å²) in [7, 11) is 0. The first-order valence-electron chi connectivity index (χ1n) is 3.35. The SMILES string of the molecule is C[CH2][Al]([CH2]C)[CH2]C.[KH]. The van der Waals surface area contributed by atoms with Crippen LogP contribution < -0.4 is 0 Å². The van der Waals surface area contributed by atoms with Crippen LogP contribution in [0, 0.1) is 0 Å². The summed E-state index contributed by atoms with van der Waals surface area (Å²) in [4.78, 5) is 0. The van der Waals surface area contributed by atoms with Crippen LogP contribution in [0.3, 0.4) is 0 Å². The molecule has 0 aromatic rings. The molecular weight excluding hydrogens is 138 g/mol. The van der Waals surface area contributed by atoms with Gasteiger partial charge in [-0.05, 0) is 0 Å². The molecule has 2 heteroatoms. The van der Waals surface area contributed by atoms with E-state index in [1.165, 1.54) is 15.8 Å². The van der Waals surface area contributed by atoms with E-state index >= 15 is 0 Å². The molecule has 0 heterocycles. The van der Waals surface area contributed by atoms with Gasteiger partial charge in [0.05, 0.1) is 0 Å². The van der Waals surface area contributed by atoms with E-state index in [0.29, 0.717) is 0 Å². The van der Waals surface area contributed by atoms with Crippen LogP contribution in [0.2, 0.25) is 15.8 Å². The van der Waals surface area contributed by atoms with Crippen LogP contribution in [0.5, 0.6) is 0 Å². The van der Waals surface area contributed by atoms with Crippen molar-refractivity contribution < 1.29 is 0 Å². The fourth-order valence-electron chi connectivity index (χ4n) is 0.866. The monoisotopic (exact) mass is 154 g/mol. The summed E-state index contributed by atoms with van der Waals surface area (Å²) in [6, 6.07) is 0. The quantitative estimate of drug-likeness (QED) is 0.545. The molecule has 0 saturated carbocycles. The minimum absolute atomic E-state index is 0. The molecule has 0 nitrogen and oxygen atoms in total. The second-order valence-corrected chi connectivity index (χ2v) is 6.27. The topological polar surface area (TPSA) is 0 Å². The van der Waals surface area contributed by atoms with Crippen LogP contribution in [-0.4, -0.2) is 65.5 Å². The van der Waals surface area contributed by atoms with Crippen molar-refractivity contribution in [2.45, 2.75) is 36.6 Å². The van der Waals surface area contributed by atoms with Gasteiger partial charge in [0.1, 0.15) is 0 Å². The molecule has 0 aliphatic carbocycles. The summed E-state index contributed by atoms with van der Waals surface area (Å²) in [6.45, 7) is 6.97. The Morgan fingerprint density at radius 3 is 1.12 bits per heavy atom. The molecule has 0 bridgehead atoms. The molecule has 0 rings (SSSR count). The van der Waals surface area contributed by atoms with Gasteiger partial charge in [0.25, 0.3) is 14.1 Å². The first-order chi connectivity index (χ1) is 3.35. The molecule has 0 radical (unpaired) electrons. The summed E-state index contributed by atoms with van der Waals surface area (Å²) >= 11 is -0.171. The van der Waals surface area contributed by atoms with Gasteiger partial charge in [-0.25, -0.2) is 0 Å². The summed E-state index contributed by atoms with van der Waals surface area (Å²) in [5, 5.41) is 4.48. The van der Waals surface area contributed by atoms with Crippen molar-refractivity contribution in [3.05, 3.63) is 0 Å². The molecule has 44 valence electrons. The molecule has 0 atom stereocenters. The third-order valence-corrected chi connectivity index (χ3v) is 5.20. The number of rotatable bonds is 3. The Balaban J connectivity index is 0. The Kier molecular flexibility index (Phi) is 14.7. The third kappa shape index (κ3) is 6.29. The molecule has 0 fully saturated rings. The second kappa shape index (κ2) is 9.17. The van der Waals surface area contributed by atoms with Crippen LogP contribution in [-0.2, 0) is 0 Å². The van der Waals surface area contributed by atoms with Crippen molar-refractivity contribution in [1.82, 2.24) is 0 Å². The Hall–Kier alpha value is 2.17. The van der Waals surface area contributed by atoms with Crippen LogP contribution in [0.1, 0.15) is 20.8 Å². The Labute approximate surface area is 100 Å². The van der Waals surface area contributed by atoms with E-state index in [0.717, 1.165) is 0 Å². The van der Waals surface area contributed by atoms with Crippen molar-refractivity contribution in [2.24, 2.45) is 0 Å². The Bertz CT molecular complexity index is 30.0. The van der Waals surface area contributed by atoms with Crippen LogP contribution in [0.15, 0.2) is 0 Å². The van der Waals surface area contributed by atoms with E-state index in [1.807, 2.05) is 0 Å². The first kappa shape index (κ1) is 12.8. The van der Waals surface area contributed by atoms with Crippen molar-refractivity contribution in [3.63, 3.8) is 0 Å². The molecule has 0 amide bonds. The van der Waals surface area contributed by atoms with Crippen molar-refractivity contribution >= 4 is 65.5 Å². The molecule has 0 aliphatic rings. The number of hydrogen-bond acceptors (Lipinski definition) is 0. The maximum atomic E-state index is 2.32. The zero-order valence-electron chi connectivity index (χ0n) is 5.70. The molecular formula is C6H16AlK. The summed E-state index contributed by atoms with van der Waals surface area (Å²) in [5.74, 6) is 0. The fourth-order valence-corrected chi connectivity index (χ4v) is 2.60. The molecule has 0 N–H and O–H groups in total. The van der Waals surface area contributed by atoms with Gasteiger partial charge in [0.15, 0.2) is 0 Å². The molecule has 0 aliphatic heterocycles. The zero-order chi connectivity index (χ0) is 5.70. The van der Waals surface area contributed by atoms with Gasteiger partial charge in [0, 0.05) is 0 Å². The van der Waals surface area contributed by atoms with E-state index < -0.39 is 0 Å². The standard InChI is InChI=1S/3C2H5.Al.K.H/c3*1-2;;;/h3*1H2,2H3;;;. The first-order valence-corrected chi connectivity index (χ1v) is 5.80. The predicted octanol–water partition coefficient (Wildman–Crippen LogP) is 1.89.